The van der Waals surface area contributed by atoms with Gasteiger partial charge in [0.1, 0.15) is 5.75 Å². The van der Waals surface area contributed by atoms with Crippen molar-refractivity contribution in [2.24, 2.45) is 0 Å². The molecule has 2 aliphatic rings. The number of fused-ring (bicyclic) bond motifs is 1. The molecule has 2 heterocycles. The van der Waals surface area contributed by atoms with Gasteiger partial charge in [-0.3, -0.25) is 4.90 Å². The Morgan fingerprint density at radius 3 is 3.24 bits per heavy atom. The lowest BCUT2D eigenvalue weighted by atomic mass is 10.1. The van der Waals surface area contributed by atoms with Crippen molar-refractivity contribution >= 4 is 0 Å². The third-order valence-corrected chi connectivity index (χ3v) is 3.64. The monoisotopic (exact) mass is 233 g/mol. The van der Waals surface area contributed by atoms with Gasteiger partial charge in [-0.1, -0.05) is 12.1 Å². The second-order valence-electron chi connectivity index (χ2n) is 5.07. The first-order chi connectivity index (χ1) is 8.31. The van der Waals surface area contributed by atoms with Gasteiger partial charge in [0.25, 0.3) is 0 Å². The van der Waals surface area contributed by atoms with Crippen LogP contribution in [0.2, 0.25) is 0 Å². The fraction of sp³-hybridized carbons (Fsp3) is 0.571. The van der Waals surface area contributed by atoms with E-state index in [2.05, 4.69) is 23.1 Å². The third-order valence-electron chi connectivity index (χ3n) is 3.64. The van der Waals surface area contributed by atoms with Crippen molar-refractivity contribution in [2.75, 3.05) is 19.7 Å². The van der Waals surface area contributed by atoms with Crippen LogP contribution in [0.5, 0.6) is 5.75 Å². The smallest absolute Gasteiger partial charge is 0.122 e. The number of likely N-dealkylation sites (tertiary alicyclic amines) is 1. The summed E-state index contributed by atoms with van der Waals surface area (Å²) >= 11 is 0. The Bertz CT molecular complexity index is 405. The summed E-state index contributed by atoms with van der Waals surface area (Å²) in [5.41, 5.74) is 2.67. The Morgan fingerprint density at radius 1 is 1.41 bits per heavy atom. The SMILES string of the molecule is O[C@H]1CCCN(Cc2ccc3c(c2)CCO3)C1. The summed E-state index contributed by atoms with van der Waals surface area (Å²) in [5.74, 6) is 1.05. The number of piperidine rings is 1. The average molecular weight is 233 g/mol. The molecule has 2 aliphatic heterocycles. The predicted molar refractivity (Wildman–Crippen MR) is 66.2 cm³/mol. The number of rotatable bonds is 2. The van der Waals surface area contributed by atoms with E-state index in [-0.39, 0.29) is 6.10 Å². The van der Waals surface area contributed by atoms with Crippen LogP contribution in [-0.4, -0.2) is 35.8 Å². The van der Waals surface area contributed by atoms with Gasteiger partial charge in [0, 0.05) is 19.5 Å². The van der Waals surface area contributed by atoms with E-state index in [1.807, 2.05) is 0 Å². The summed E-state index contributed by atoms with van der Waals surface area (Å²) in [6.07, 6.45) is 2.96. The highest BCUT2D eigenvalue weighted by Gasteiger charge is 2.18. The fourth-order valence-electron chi connectivity index (χ4n) is 2.77. The van der Waals surface area contributed by atoms with Gasteiger partial charge in [0.2, 0.25) is 0 Å². The lowest BCUT2D eigenvalue weighted by Crippen LogP contribution is -2.37. The molecule has 1 fully saturated rings. The van der Waals surface area contributed by atoms with Gasteiger partial charge in [-0.05, 0) is 36.6 Å². The van der Waals surface area contributed by atoms with E-state index in [1.54, 1.807) is 0 Å². The molecule has 0 radical (unpaired) electrons. The summed E-state index contributed by atoms with van der Waals surface area (Å²) in [6, 6.07) is 6.48. The van der Waals surface area contributed by atoms with Gasteiger partial charge in [-0.15, -0.1) is 0 Å². The highest BCUT2D eigenvalue weighted by Crippen LogP contribution is 2.26. The number of benzene rings is 1. The molecule has 92 valence electrons. The van der Waals surface area contributed by atoms with Crippen LogP contribution in [0, 0.1) is 0 Å². The summed E-state index contributed by atoms with van der Waals surface area (Å²) < 4.78 is 5.51. The standard InChI is InChI=1S/C14H19NO2/c16-13-2-1-6-15(10-13)9-11-3-4-14-12(8-11)5-7-17-14/h3-4,8,13,16H,1-2,5-7,9-10H2/t13-/m0/s1. The molecule has 1 atom stereocenters. The zero-order valence-corrected chi connectivity index (χ0v) is 10.1. The second-order valence-corrected chi connectivity index (χ2v) is 5.07. The van der Waals surface area contributed by atoms with Crippen molar-refractivity contribution in [1.82, 2.24) is 4.90 Å². The number of β-amino-alcohol motifs (C(OH)–C–C–N with tert-alkyl or cyclic N) is 1. The summed E-state index contributed by atoms with van der Waals surface area (Å²) in [6.45, 7) is 3.68. The van der Waals surface area contributed by atoms with Crippen LogP contribution in [0.3, 0.4) is 0 Å². The Hall–Kier alpha value is -1.06. The van der Waals surface area contributed by atoms with Crippen molar-refractivity contribution < 1.29 is 9.84 Å². The molecule has 0 spiro atoms. The fourth-order valence-corrected chi connectivity index (χ4v) is 2.77. The number of aliphatic hydroxyl groups excluding tert-OH is 1. The normalized spacial score (nSPS) is 24.4. The predicted octanol–water partition coefficient (Wildman–Crippen LogP) is 1.58. The Kier molecular flexibility index (Phi) is 3.04. The zero-order chi connectivity index (χ0) is 11.7. The topological polar surface area (TPSA) is 32.7 Å². The molecule has 1 saturated heterocycles. The molecule has 0 aliphatic carbocycles. The minimum absolute atomic E-state index is 0.137. The van der Waals surface area contributed by atoms with Crippen LogP contribution in [-0.2, 0) is 13.0 Å². The molecule has 0 amide bonds. The molecule has 0 unspecified atom stereocenters. The van der Waals surface area contributed by atoms with Crippen LogP contribution in [0.25, 0.3) is 0 Å². The zero-order valence-electron chi connectivity index (χ0n) is 10.1. The molecule has 0 saturated carbocycles. The van der Waals surface area contributed by atoms with Gasteiger partial charge >= 0.3 is 0 Å². The summed E-state index contributed by atoms with van der Waals surface area (Å²) in [4.78, 5) is 2.34. The van der Waals surface area contributed by atoms with Crippen LogP contribution < -0.4 is 4.74 Å². The van der Waals surface area contributed by atoms with E-state index in [0.717, 1.165) is 51.3 Å². The number of ether oxygens (including phenoxy) is 1. The van der Waals surface area contributed by atoms with Crippen LogP contribution in [0.4, 0.5) is 0 Å². The molecular weight excluding hydrogens is 214 g/mol. The minimum Gasteiger partial charge on any atom is -0.493 e. The number of hydrogen-bond donors (Lipinski definition) is 1. The van der Waals surface area contributed by atoms with E-state index in [0.29, 0.717) is 0 Å². The van der Waals surface area contributed by atoms with Crippen LogP contribution >= 0.6 is 0 Å². The first kappa shape index (κ1) is 11.1. The molecule has 3 nitrogen and oxygen atoms in total. The van der Waals surface area contributed by atoms with Crippen molar-refractivity contribution in [2.45, 2.75) is 31.9 Å². The summed E-state index contributed by atoms with van der Waals surface area (Å²) in [7, 11) is 0. The number of aliphatic hydroxyl groups is 1. The van der Waals surface area contributed by atoms with Crippen LogP contribution in [0.1, 0.15) is 24.0 Å². The molecule has 3 heteroatoms. The van der Waals surface area contributed by atoms with Crippen LogP contribution in [0.15, 0.2) is 18.2 Å². The maximum Gasteiger partial charge on any atom is 0.122 e. The highest BCUT2D eigenvalue weighted by molar-refractivity contribution is 5.39. The van der Waals surface area contributed by atoms with Crippen molar-refractivity contribution in [3.8, 4) is 5.75 Å². The molecule has 3 rings (SSSR count). The Balaban J connectivity index is 1.68. The molecule has 0 aromatic heterocycles. The molecule has 1 aromatic carbocycles. The first-order valence-corrected chi connectivity index (χ1v) is 6.46. The molecular formula is C14H19NO2. The molecule has 1 aromatic rings. The van der Waals surface area contributed by atoms with Crippen molar-refractivity contribution in [3.63, 3.8) is 0 Å². The molecule has 17 heavy (non-hydrogen) atoms. The van der Waals surface area contributed by atoms with E-state index >= 15 is 0 Å². The number of hydrogen-bond acceptors (Lipinski definition) is 3. The van der Waals surface area contributed by atoms with Gasteiger partial charge in [-0.25, -0.2) is 0 Å². The van der Waals surface area contributed by atoms with E-state index in [4.69, 9.17) is 4.74 Å². The third kappa shape index (κ3) is 2.45. The van der Waals surface area contributed by atoms with Gasteiger partial charge in [-0.2, -0.15) is 0 Å². The maximum absolute atomic E-state index is 9.65. The lowest BCUT2D eigenvalue weighted by Gasteiger charge is -2.30. The minimum atomic E-state index is -0.137. The van der Waals surface area contributed by atoms with Crippen molar-refractivity contribution in [1.29, 1.82) is 0 Å². The second kappa shape index (κ2) is 4.67. The quantitative estimate of drug-likeness (QED) is 0.841. The van der Waals surface area contributed by atoms with Gasteiger partial charge in [0.15, 0.2) is 0 Å². The van der Waals surface area contributed by atoms with Crippen molar-refractivity contribution in [3.05, 3.63) is 29.3 Å². The lowest BCUT2D eigenvalue weighted by molar-refractivity contribution is 0.0668. The van der Waals surface area contributed by atoms with E-state index < -0.39 is 0 Å². The largest absolute Gasteiger partial charge is 0.493 e. The van der Waals surface area contributed by atoms with E-state index in [1.165, 1.54) is 11.1 Å². The molecule has 0 bridgehead atoms. The first-order valence-electron chi connectivity index (χ1n) is 6.46. The Morgan fingerprint density at radius 2 is 2.35 bits per heavy atom. The van der Waals surface area contributed by atoms with E-state index in [9.17, 15) is 5.11 Å². The molecule has 1 N–H and O–H groups in total. The van der Waals surface area contributed by atoms with Gasteiger partial charge < -0.3 is 9.84 Å². The number of nitrogens with zero attached hydrogens (tertiary/aromatic N) is 1. The van der Waals surface area contributed by atoms with Gasteiger partial charge in [0.05, 0.1) is 12.7 Å². The summed E-state index contributed by atoms with van der Waals surface area (Å²) in [5, 5.41) is 9.65. The Labute approximate surface area is 102 Å². The average Bonchev–Trinajstić information content (AvgIpc) is 2.76. The highest BCUT2D eigenvalue weighted by atomic mass is 16.5. The maximum atomic E-state index is 9.65.